The minimum atomic E-state index is 0.363. The summed E-state index contributed by atoms with van der Waals surface area (Å²) in [6.45, 7) is 0.363. The lowest BCUT2D eigenvalue weighted by Crippen LogP contribution is -2.02. The van der Waals surface area contributed by atoms with Gasteiger partial charge in [0.05, 0.1) is 7.11 Å². The standard InChI is InChI=1S/C13H13N3O2S/c1-17-10-4-2-3-5-11(10)18-12-9(8-14)16-6-7-19-13(16)15-12/h2-7H,8,14H2,1H3. The second kappa shape index (κ2) is 4.91. The Kier molecular flexibility index (Phi) is 3.10. The van der Waals surface area contributed by atoms with Crippen molar-refractivity contribution in [3.8, 4) is 17.4 Å². The molecule has 0 aliphatic rings. The monoisotopic (exact) mass is 275 g/mol. The minimum absolute atomic E-state index is 0.363. The Labute approximate surface area is 114 Å². The molecule has 0 saturated carbocycles. The van der Waals surface area contributed by atoms with Crippen LogP contribution < -0.4 is 15.2 Å². The highest BCUT2D eigenvalue weighted by molar-refractivity contribution is 7.15. The number of hydrogen-bond acceptors (Lipinski definition) is 5. The van der Waals surface area contributed by atoms with Crippen LogP contribution in [-0.4, -0.2) is 16.5 Å². The van der Waals surface area contributed by atoms with Gasteiger partial charge < -0.3 is 15.2 Å². The van der Waals surface area contributed by atoms with Gasteiger partial charge in [0.1, 0.15) is 5.69 Å². The fraction of sp³-hybridized carbons (Fsp3) is 0.154. The molecule has 5 nitrogen and oxygen atoms in total. The van der Waals surface area contributed by atoms with Crippen molar-refractivity contribution in [2.24, 2.45) is 5.73 Å². The first-order valence-electron chi connectivity index (χ1n) is 5.79. The van der Waals surface area contributed by atoms with Crippen molar-refractivity contribution in [2.45, 2.75) is 6.54 Å². The Balaban J connectivity index is 2.02. The van der Waals surface area contributed by atoms with E-state index in [1.54, 1.807) is 18.4 Å². The lowest BCUT2D eigenvalue weighted by molar-refractivity contribution is 0.373. The maximum atomic E-state index is 5.84. The van der Waals surface area contributed by atoms with Crippen LogP contribution in [0.1, 0.15) is 5.69 Å². The lowest BCUT2D eigenvalue weighted by atomic mass is 10.3. The van der Waals surface area contributed by atoms with Gasteiger partial charge in [-0.3, -0.25) is 4.40 Å². The third-order valence-corrected chi connectivity index (χ3v) is 3.55. The van der Waals surface area contributed by atoms with E-state index in [0.717, 1.165) is 10.7 Å². The van der Waals surface area contributed by atoms with Gasteiger partial charge in [0, 0.05) is 18.1 Å². The van der Waals surface area contributed by atoms with E-state index in [9.17, 15) is 0 Å². The average Bonchev–Trinajstić information content (AvgIpc) is 2.99. The van der Waals surface area contributed by atoms with Crippen molar-refractivity contribution in [3.63, 3.8) is 0 Å². The second-order valence-electron chi connectivity index (χ2n) is 3.88. The molecular weight excluding hydrogens is 262 g/mol. The molecule has 0 bridgehead atoms. The minimum Gasteiger partial charge on any atom is -0.493 e. The molecule has 0 radical (unpaired) electrons. The largest absolute Gasteiger partial charge is 0.493 e. The molecule has 2 heterocycles. The quantitative estimate of drug-likeness (QED) is 0.795. The van der Waals surface area contributed by atoms with E-state index in [0.29, 0.717) is 23.9 Å². The van der Waals surface area contributed by atoms with Crippen LogP contribution in [0, 0.1) is 0 Å². The van der Waals surface area contributed by atoms with Crippen LogP contribution in [0.4, 0.5) is 0 Å². The Morgan fingerprint density at radius 1 is 1.32 bits per heavy atom. The number of imidazole rings is 1. The fourth-order valence-corrected chi connectivity index (χ4v) is 2.61. The summed E-state index contributed by atoms with van der Waals surface area (Å²) in [5, 5.41) is 1.97. The summed E-state index contributed by atoms with van der Waals surface area (Å²) in [4.78, 5) is 5.30. The molecule has 0 spiro atoms. The molecular formula is C13H13N3O2S. The highest BCUT2D eigenvalue weighted by atomic mass is 32.1. The smallest absolute Gasteiger partial charge is 0.243 e. The summed E-state index contributed by atoms with van der Waals surface area (Å²) in [7, 11) is 1.61. The van der Waals surface area contributed by atoms with Gasteiger partial charge in [0.15, 0.2) is 16.5 Å². The zero-order chi connectivity index (χ0) is 13.2. The molecule has 0 fully saturated rings. The Morgan fingerprint density at radius 3 is 2.84 bits per heavy atom. The summed E-state index contributed by atoms with van der Waals surface area (Å²) in [6, 6.07) is 7.46. The maximum absolute atomic E-state index is 5.84. The van der Waals surface area contributed by atoms with Crippen molar-refractivity contribution in [1.29, 1.82) is 0 Å². The zero-order valence-corrected chi connectivity index (χ0v) is 11.2. The van der Waals surface area contributed by atoms with Crippen LogP contribution in [0.3, 0.4) is 0 Å². The van der Waals surface area contributed by atoms with Crippen LogP contribution in [0.25, 0.3) is 4.96 Å². The molecule has 19 heavy (non-hydrogen) atoms. The highest BCUT2D eigenvalue weighted by Crippen LogP contribution is 2.33. The number of methoxy groups -OCH3 is 1. The van der Waals surface area contributed by atoms with Gasteiger partial charge in [-0.1, -0.05) is 12.1 Å². The number of ether oxygens (including phenoxy) is 2. The topological polar surface area (TPSA) is 61.8 Å². The molecule has 0 atom stereocenters. The molecule has 3 aromatic rings. The molecule has 98 valence electrons. The molecule has 0 aliphatic heterocycles. The zero-order valence-electron chi connectivity index (χ0n) is 10.4. The number of thiazole rings is 1. The number of benzene rings is 1. The summed E-state index contributed by atoms with van der Waals surface area (Å²) in [5.41, 5.74) is 6.63. The van der Waals surface area contributed by atoms with Crippen molar-refractivity contribution in [3.05, 3.63) is 41.5 Å². The maximum Gasteiger partial charge on any atom is 0.243 e. The van der Waals surface area contributed by atoms with E-state index in [4.69, 9.17) is 15.2 Å². The number of rotatable bonds is 4. The predicted octanol–water partition coefficient (Wildman–Crippen LogP) is 2.66. The average molecular weight is 275 g/mol. The Morgan fingerprint density at radius 2 is 2.11 bits per heavy atom. The van der Waals surface area contributed by atoms with Gasteiger partial charge in [0.2, 0.25) is 5.88 Å². The van der Waals surface area contributed by atoms with Gasteiger partial charge in [-0.05, 0) is 12.1 Å². The molecule has 2 aromatic heterocycles. The summed E-state index contributed by atoms with van der Waals surface area (Å²) in [5.74, 6) is 1.83. The number of hydrogen-bond donors (Lipinski definition) is 1. The number of para-hydroxylation sites is 2. The van der Waals surface area contributed by atoms with E-state index in [1.165, 1.54) is 0 Å². The lowest BCUT2D eigenvalue weighted by Gasteiger charge is -2.08. The molecule has 0 saturated heterocycles. The van der Waals surface area contributed by atoms with Crippen molar-refractivity contribution >= 4 is 16.3 Å². The SMILES string of the molecule is COc1ccccc1Oc1nc2sccn2c1CN. The van der Waals surface area contributed by atoms with E-state index in [1.807, 2.05) is 40.2 Å². The number of aromatic nitrogens is 2. The molecule has 3 rings (SSSR count). The third-order valence-electron chi connectivity index (χ3n) is 2.79. The van der Waals surface area contributed by atoms with Crippen molar-refractivity contribution in [1.82, 2.24) is 9.38 Å². The van der Waals surface area contributed by atoms with Crippen molar-refractivity contribution < 1.29 is 9.47 Å². The van der Waals surface area contributed by atoms with Gasteiger partial charge in [-0.25, -0.2) is 0 Å². The first-order chi connectivity index (χ1) is 9.33. The van der Waals surface area contributed by atoms with E-state index < -0.39 is 0 Å². The number of nitrogens with zero attached hydrogens (tertiary/aromatic N) is 2. The fourth-order valence-electron chi connectivity index (χ4n) is 1.89. The molecule has 0 amide bonds. The van der Waals surface area contributed by atoms with E-state index in [2.05, 4.69) is 4.98 Å². The molecule has 2 N–H and O–H groups in total. The molecule has 0 aliphatic carbocycles. The normalized spacial score (nSPS) is 10.8. The summed E-state index contributed by atoms with van der Waals surface area (Å²) < 4.78 is 13.0. The van der Waals surface area contributed by atoms with Gasteiger partial charge in [-0.15, -0.1) is 11.3 Å². The van der Waals surface area contributed by atoms with Gasteiger partial charge in [-0.2, -0.15) is 4.98 Å². The van der Waals surface area contributed by atoms with Crippen LogP contribution in [0.15, 0.2) is 35.8 Å². The Bertz CT molecular complexity index is 705. The number of nitrogens with two attached hydrogens (primary N) is 1. The molecule has 6 heteroatoms. The van der Waals surface area contributed by atoms with Crippen LogP contribution in [-0.2, 0) is 6.54 Å². The second-order valence-corrected chi connectivity index (χ2v) is 4.75. The third kappa shape index (κ3) is 2.05. The van der Waals surface area contributed by atoms with Gasteiger partial charge >= 0.3 is 0 Å². The first-order valence-corrected chi connectivity index (χ1v) is 6.67. The van der Waals surface area contributed by atoms with Crippen LogP contribution >= 0.6 is 11.3 Å². The summed E-state index contributed by atoms with van der Waals surface area (Å²) in [6.07, 6.45) is 1.93. The predicted molar refractivity (Wildman–Crippen MR) is 74.0 cm³/mol. The van der Waals surface area contributed by atoms with Crippen LogP contribution in [0.2, 0.25) is 0 Å². The number of fused-ring (bicyclic) bond motifs is 1. The van der Waals surface area contributed by atoms with Crippen molar-refractivity contribution in [2.75, 3.05) is 7.11 Å². The van der Waals surface area contributed by atoms with E-state index >= 15 is 0 Å². The first kappa shape index (κ1) is 12.0. The molecule has 1 aromatic carbocycles. The van der Waals surface area contributed by atoms with E-state index in [-0.39, 0.29) is 0 Å². The Hall–Kier alpha value is -2.05. The molecule has 0 unspecified atom stereocenters. The van der Waals surface area contributed by atoms with Gasteiger partial charge in [0.25, 0.3) is 0 Å². The van der Waals surface area contributed by atoms with Crippen LogP contribution in [0.5, 0.6) is 17.4 Å². The summed E-state index contributed by atoms with van der Waals surface area (Å²) >= 11 is 1.54. The highest BCUT2D eigenvalue weighted by Gasteiger charge is 2.15.